The van der Waals surface area contributed by atoms with Crippen LogP contribution in [-0.4, -0.2) is 24.4 Å². The molecular weight excluding hydrogens is 200 g/mol. The lowest BCUT2D eigenvalue weighted by molar-refractivity contribution is -0.0161. The van der Waals surface area contributed by atoms with E-state index in [1.807, 2.05) is 24.3 Å². The minimum atomic E-state index is -0.817. The van der Waals surface area contributed by atoms with Crippen molar-refractivity contribution in [3.63, 3.8) is 0 Å². The fraction of sp³-hybridized carbons (Fsp3) is 0.455. The minimum absolute atomic E-state index is 0.329. The highest BCUT2D eigenvalue weighted by atomic mass is 35.5. The van der Waals surface area contributed by atoms with Gasteiger partial charge in [-0.1, -0.05) is 23.7 Å². The van der Waals surface area contributed by atoms with E-state index in [1.54, 1.807) is 14.0 Å². The van der Waals surface area contributed by atoms with Gasteiger partial charge in [0.1, 0.15) is 0 Å². The quantitative estimate of drug-likeness (QED) is 0.834. The molecule has 0 saturated carbocycles. The predicted molar refractivity (Wildman–Crippen MR) is 57.7 cm³/mol. The molecule has 1 N–H and O–H groups in total. The van der Waals surface area contributed by atoms with Crippen LogP contribution in [0.4, 0.5) is 0 Å². The zero-order chi connectivity index (χ0) is 10.6. The van der Waals surface area contributed by atoms with Crippen LogP contribution in [0.1, 0.15) is 12.5 Å². The number of hydrogen-bond acceptors (Lipinski definition) is 2. The highest BCUT2D eigenvalue weighted by Gasteiger charge is 2.20. The molecule has 14 heavy (non-hydrogen) atoms. The number of benzene rings is 1. The Balaban J connectivity index is 2.64. The molecule has 0 bridgehead atoms. The van der Waals surface area contributed by atoms with Crippen molar-refractivity contribution in [3.8, 4) is 0 Å². The first-order valence-corrected chi connectivity index (χ1v) is 4.87. The average molecular weight is 215 g/mol. The Morgan fingerprint density at radius 2 is 1.93 bits per heavy atom. The average Bonchev–Trinajstić information content (AvgIpc) is 2.08. The summed E-state index contributed by atoms with van der Waals surface area (Å²) in [7, 11) is 1.58. The van der Waals surface area contributed by atoms with Crippen LogP contribution in [0, 0.1) is 0 Å². The fourth-order valence-electron chi connectivity index (χ4n) is 1.40. The number of aliphatic hydroxyl groups is 1. The van der Waals surface area contributed by atoms with Crippen LogP contribution in [0.5, 0.6) is 0 Å². The minimum Gasteiger partial charge on any atom is -0.387 e. The molecule has 0 unspecified atom stereocenters. The van der Waals surface area contributed by atoms with E-state index in [2.05, 4.69) is 0 Å². The Morgan fingerprint density at radius 3 is 2.43 bits per heavy atom. The maximum Gasteiger partial charge on any atom is 0.0892 e. The van der Waals surface area contributed by atoms with E-state index < -0.39 is 5.60 Å². The van der Waals surface area contributed by atoms with E-state index in [9.17, 15) is 5.11 Å². The molecule has 0 fully saturated rings. The molecule has 1 aromatic rings. The number of halogens is 1. The monoisotopic (exact) mass is 214 g/mol. The second-order valence-electron chi connectivity index (χ2n) is 3.73. The summed E-state index contributed by atoms with van der Waals surface area (Å²) >= 11 is 5.76. The van der Waals surface area contributed by atoms with Gasteiger partial charge >= 0.3 is 0 Å². The summed E-state index contributed by atoms with van der Waals surface area (Å²) in [6.45, 7) is 2.08. The topological polar surface area (TPSA) is 29.5 Å². The van der Waals surface area contributed by atoms with Crippen molar-refractivity contribution in [1.82, 2.24) is 0 Å². The highest BCUT2D eigenvalue weighted by molar-refractivity contribution is 6.30. The first-order chi connectivity index (χ1) is 6.53. The molecule has 3 heteroatoms. The van der Waals surface area contributed by atoms with Crippen molar-refractivity contribution in [2.24, 2.45) is 0 Å². The summed E-state index contributed by atoms with van der Waals surface area (Å²) in [4.78, 5) is 0. The predicted octanol–water partition coefficient (Wildman–Crippen LogP) is 2.28. The fourth-order valence-corrected chi connectivity index (χ4v) is 1.53. The lowest BCUT2D eigenvalue weighted by atomic mass is 9.98. The zero-order valence-corrected chi connectivity index (χ0v) is 9.21. The van der Waals surface area contributed by atoms with Gasteiger partial charge in [0.15, 0.2) is 0 Å². The van der Waals surface area contributed by atoms with Crippen LogP contribution in [0.15, 0.2) is 24.3 Å². The summed E-state index contributed by atoms with van der Waals surface area (Å²) in [6.07, 6.45) is 0.567. The van der Waals surface area contributed by atoms with Gasteiger partial charge in [0.25, 0.3) is 0 Å². The molecule has 1 aromatic carbocycles. The molecule has 0 heterocycles. The van der Waals surface area contributed by atoms with E-state index in [1.165, 1.54) is 0 Å². The smallest absolute Gasteiger partial charge is 0.0892 e. The Morgan fingerprint density at radius 1 is 1.36 bits per heavy atom. The van der Waals surface area contributed by atoms with Crippen molar-refractivity contribution in [2.75, 3.05) is 13.7 Å². The Kier molecular flexibility index (Phi) is 3.93. The molecule has 1 rings (SSSR count). The summed E-state index contributed by atoms with van der Waals surface area (Å²) in [5, 5.41) is 10.6. The third-order valence-corrected chi connectivity index (χ3v) is 2.21. The van der Waals surface area contributed by atoms with E-state index in [-0.39, 0.29) is 0 Å². The van der Waals surface area contributed by atoms with Crippen LogP contribution in [0.25, 0.3) is 0 Å². The molecule has 0 aliphatic heterocycles. The summed E-state index contributed by atoms with van der Waals surface area (Å²) in [5.74, 6) is 0. The van der Waals surface area contributed by atoms with E-state index in [4.69, 9.17) is 16.3 Å². The van der Waals surface area contributed by atoms with Crippen molar-refractivity contribution < 1.29 is 9.84 Å². The molecule has 0 amide bonds. The normalized spacial score (nSPS) is 15.1. The van der Waals surface area contributed by atoms with Gasteiger partial charge < -0.3 is 9.84 Å². The van der Waals surface area contributed by atoms with Crippen LogP contribution in [-0.2, 0) is 11.2 Å². The van der Waals surface area contributed by atoms with Gasteiger partial charge in [-0.2, -0.15) is 0 Å². The largest absolute Gasteiger partial charge is 0.387 e. The van der Waals surface area contributed by atoms with Gasteiger partial charge in [-0.05, 0) is 24.6 Å². The van der Waals surface area contributed by atoms with Gasteiger partial charge in [-0.15, -0.1) is 0 Å². The van der Waals surface area contributed by atoms with Gasteiger partial charge in [0.2, 0.25) is 0 Å². The number of rotatable bonds is 4. The molecule has 0 saturated heterocycles. The van der Waals surface area contributed by atoms with E-state index in [0.717, 1.165) is 5.56 Å². The standard InChI is InChI=1S/C11H15ClO2/c1-11(13,8-14-2)7-9-3-5-10(12)6-4-9/h3-6,13H,7-8H2,1-2H3/t11-/m0/s1. The number of ether oxygens (including phenoxy) is 1. The first kappa shape index (κ1) is 11.5. The summed E-state index contributed by atoms with van der Waals surface area (Å²) in [5.41, 5.74) is 0.235. The van der Waals surface area contributed by atoms with Crippen molar-refractivity contribution in [3.05, 3.63) is 34.9 Å². The van der Waals surface area contributed by atoms with Crippen LogP contribution >= 0.6 is 11.6 Å². The van der Waals surface area contributed by atoms with E-state index in [0.29, 0.717) is 18.1 Å². The number of hydrogen-bond donors (Lipinski definition) is 1. The molecule has 1 atom stereocenters. The third-order valence-electron chi connectivity index (χ3n) is 1.95. The van der Waals surface area contributed by atoms with Crippen molar-refractivity contribution in [1.29, 1.82) is 0 Å². The van der Waals surface area contributed by atoms with Gasteiger partial charge in [0.05, 0.1) is 12.2 Å². The molecule has 2 nitrogen and oxygen atoms in total. The summed E-state index contributed by atoms with van der Waals surface area (Å²) in [6, 6.07) is 7.46. The van der Waals surface area contributed by atoms with Gasteiger partial charge in [0, 0.05) is 18.6 Å². The Hall–Kier alpha value is -0.570. The van der Waals surface area contributed by atoms with Crippen molar-refractivity contribution >= 4 is 11.6 Å². The lowest BCUT2D eigenvalue weighted by Gasteiger charge is -2.22. The maximum atomic E-state index is 9.88. The second kappa shape index (κ2) is 4.78. The zero-order valence-electron chi connectivity index (χ0n) is 8.46. The molecule has 0 aliphatic carbocycles. The number of methoxy groups -OCH3 is 1. The molecule has 0 spiro atoms. The molecule has 78 valence electrons. The SMILES string of the molecule is COC[C@@](C)(O)Cc1ccc(Cl)cc1. The van der Waals surface area contributed by atoms with Crippen LogP contribution in [0.2, 0.25) is 5.02 Å². The molecular formula is C11H15ClO2. The molecule has 0 aliphatic rings. The van der Waals surface area contributed by atoms with Gasteiger partial charge in [-0.25, -0.2) is 0 Å². The Bertz CT molecular complexity index is 280. The molecule has 0 radical (unpaired) electrons. The maximum absolute atomic E-state index is 9.88. The van der Waals surface area contributed by atoms with Gasteiger partial charge in [-0.3, -0.25) is 0 Å². The highest BCUT2D eigenvalue weighted by Crippen LogP contribution is 2.16. The summed E-state index contributed by atoms with van der Waals surface area (Å²) < 4.78 is 4.93. The Labute approximate surface area is 89.5 Å². The van der Waals surface area contributed by atoms with Crippen LogP contribution < -0.4 is 0 Å². The lowest BCUT2D eigenvalue weighted by Crippen LogP contribution is -2.32. The van der Waals surface area contributed by atoms with Crippen molar-refractivity contribution in [2.45, 2.75) is 18.9 Å². The second-order valence-corrected chi connectivity index (χ2v) is 4.17. The first-order valence-electron chi connectivity index (χ1n) is 4.49. The van der Waals surface area contributed by atoms with E-state index >= 15 is 0 Å². The molecule has 0 aromatic heterocycles. The third kappa shape index (κ3) is 3.66. The van der Waals surface area contributed by atoms with Crippen LogP contribution in [0.3, 0.4) is 0 Å².